The van der Waals surface area contributed by atoms with Crippen LogP contribution in [0.3, 0.4) is 0 Å². The lowest BCUT2D eigenvalue weighted by atomic mass is 9.99. The zero-order valence-electron chi connectivity index (χ0n) is 15.3. The Kier molecular flexibility index (Phi) is 6.74. The van der Waals surface area contributed by atoms with E-state index in [1.54, 1.807) is 17.8 Å². The van der Waals surface area contributed by atoms with Gasteiger partial charge in [-0.15, -0.1) is 0 Å². The van der Waals surface area contributed by atoms with E-state index in [1.807, 2.05) is 12.1 Å². The third-order valence-corrected chi connectivity index (χ3v) is 5.71. The number of H-pyrrole nitrogens is 1. The van der Waals surface area contributed by atoms with Gasteiger partial charge in [0.05, 0.1) is 0 Å². The summed E-state index contributed by atoms with van der Waals surface area (Å²) in [6.45, 7) is 4.89. The molecule has 0 unspecified atom stereocenters. The van der Waals surface area contributed by atoms with E-state index < -0.39 is 0 Å². The minimum Gasteiger partial charge on any atom is -0.352 e. The molecule has 0 saturated heterocycles. The number of aryl methyl sites for hydroxylation is 1. The lowest BCUT2D eigenvalue weighted by Crippen LogP contribution is -2.25. The van der Waals surface area contributed by atoms with Gasteiger partial charge in [0.2, 0.25) is 0 Å². The third kappa shape index (κ3) is 4.48. The normalized spacial score (nSPS) is 13.6. The topological polar surface area (TPSA) is 74.0 Å². The Morgan fingerprint density at radius 2 is 2.04 bits per heavy atom. The average Bonchev–Trinajstić information content (AvgIpc) is 2.67. The Morgan fingerprint density at radius 1 is 1.19 bits per heavy atom. The number of pyridine rings is 1. The van der Waals surface area contributed by atoms with Gasteiger partial charge in [0.25, 0.3) is 11.5 Å². The maximum Gasteiger partial charge on any atom is 0.252 e. The van der Waals surface area contributed by atoms with Crippen molar-refractivity contribution in [2.75, 3.05) is 25.4 Å². The molecule has 3 N–H and O–H groups in total. The molecule has 0 atom stereocenters. The molecule has 5 nitrogen and oxygen atoms in total. The maximum atomic E-state index is 12.5. The quantitative estimate of drug-likeness (QED) is 0.622. The Morgan fingerprint density at radius 3 is 2.88 bits per heavy atom. The van der Waals surface area contributed by atoms with Crippen molar-refractivity contribution < 1.29 is 4.79 Å². The van der Waals surface area contributed by atoms with Gasteiger partial charge in [-0.3, -0.25) is 9.59 Å². The van der Waals surface area contributed by atoms with Gasteiger partial charge >= 0.3 is 0 Å². The van der Waals surface area contributed by atoms with Crippen molar-refractivity contribution in [2.45, 2.75) is 38.4 Å². The smallest absolute Gasteiger partial charge is 0.252 e. The molecule has 1 aromatic heterocycles. The summed E-state index contributed by atoms with van der Waals surface area (Å²) in [5, 5.41) is 7.38. The van der Waals surface area contributed by atoms with Gasteiger partial charge < -0.3 is 15.6 Å². The second kappa shape index (κ2) is 9.24. The molecule has 0 radical (unpaired) electrons. The van der Waals surface area contributed by atoms with Crippen molar-refractivity contribution in [3.63, 3.8) is 0 Å². The Labute approximate surface area is 158 Å². The Hall–Kier alpha value is -1.79. The number of fused-ring (bicyclic) bond motifs is 3. The molecule has 0 saturated carbocycles. The first kappa shape index (κ1) is 19.0. The predicted molar refractivity (Wildman–Crippen MR) is 109 cm³/mol. The van der Waals surface area contributed by atoms with E-state index in [-0.39, 0.29) is 11.5 Å². The van der Waals surface area contributed by atoms with E-state index in [2.05, 4.69) is 22.5 Å². The first-order valence-electron chi connectivity index (χ1n) is 9.45. The third-order valence-electron chi connectivity index (χ3n) is 4.73. The van der Waals surface area contributed by atoms with Crippen LogP contribution in [-0.2, 0) is 12.2 Å². The Bertz CT molecular complexity index is 832. The highest BCUT2D eigenvalue weighted by Crippen LogP contribution is 2.28. The molecule has 1 aliphatic heterocycles. The summed E-state index contributed by atoms with van der Waals surface area (Å²) in [6.07, 6.45) is 4.06. The summed E-state index contributed by atoms with van der Waals surface area (Å²) in [4.78, 5) is 27.6. The Balaban J connectivity index is 1.66. The molecular weight excluding hydrogens is 346 g/mol. The standard InChI is InChI=1S/C20H27N3O2S/c1-2-8-21-9-3-4-10-22-19(24)14-5-6-18-16(12-14)15-7-11-26-13-17(15)20(25)23-18/h5-6,12,21H,2-4,7-11,13H2,1H3,(H,22,24)(H,23,25). The first-order chi connectivity index (χ1) is 12.7. The number of carbonyl (C=O) groups excluding carboxylic acids is 1. The molecule has 1 aliphatic rings. The highest BCUT2D eigenvalue weighted by atomic mass is 32.2. The van der Waals surface area contributed by atoms with Crippen molar-refractivity contribution in [3.8, 4) is 0 Å². The summed E-state index contributed by atoms with van der Waals surface area (Å²) in [7, 11) is 0. The molecule has 0 fully saturated rings. The monoisotopic (exact) mass is 373 g/mol. The molecule has 1 amide bonds. The fourth-order valence-corrected chi connectivity index (χ4v) is 4.31. The number of hydrogen-bond acceptors (Lipinski definition) is 4. The van der Waals surface area contributed by atoms with Gasteiger partial charge in [0.15, 0.2) is 0 Å². The summed E-state index contributed by atoms with van der Waals surface area (Å²) >= 11 is 1.79. The lowest BCUT2D eigenvalue weighted by molar-refractivity contribution is 0.0953. The van der Waals surface area contributed by atoms with Crippen LogP contribution in [0, 0.1) is 0 Å². The molecule has 0 aliphatic carbocycles. The van der Waals surface area contributed by atoms with Crippen molar-refractivity contribution in [2.24, 2.45) is 0 Å². The number of carbonyl (C=O) groups is 1. The zero-order valence-corrected chi connectivity index (χ0v) is 16.1. The SMILES string of the molecule is CCCNCCCCNC(=O)c1ccc2[nH]c(=O)c3c(c2c1)CCSC3. The number of aromatic nitrogens is 1. The number of nitrogens with one attached hydrogen (secondary N) is 3. The molecular formula is C20H27N3O2S. The van der Waals surface area contributed by atoms with E-state index in [4.69, 9.17) is 0 Å². The van der Waals surface area contributed by atoms with E-state index in [0.29, 0.717) is 12.1 Å². The number of amides is 1. The predicted octanol–water partition coefficient (Wildman–Crippen LogP) is 2.83. The van der Waals surface area contributed by atoms with Crippen molar-refractivity contribution in [3.05, 3.63) is 45.2 Å². The van der Waals surface area contributed by atoms with Crippen LogP contribution in [0.5, 0.6) is 0 Å². The summed E-state index contributed by atoms with van der Waals surface area (Å²) in [5.74, 6) is 1.73. The second-order valence-electron chi connectivity index (χ2n) is 6.69. The number of unbranched alkanes of at least 4 members (excludes halogenated alkanes) is 1. The maximum absolute atomic E-state index is 12.5. The lowest BCUT2D eigenvalue weighted by Gasteiger charge is -2.17. The van der Waals surface area contributed by atoms with Crippen LogP contribution in [0.1, 0.15) is 47.7 Å². The molecule has 0 spiro atoms. The molecule has 6 heteroatoms. The van der Waals surface area contributed by atoms with Crippen LogP contribution in [0.2, 0.25) is 0 Å². The zero-order chi connectivity index (χ0) is 18.4. The van der Waals surface area contributed by atoms with E-state index >= 15 is 0 Å². The minimum absolute atomic E-state index is 0.00795. The highest BCUT2D eigenvalue weighted by molar-refractivity contribution is 7.98. The van der Waals surface area contributed by atoms with Gasteiger partial charge in [-0.25, -0.2) is 0 Å². The van der Waals surface area contributed by atoms with Crippen LogP contribution in [0.15, 0.2) is 23.0 Å². The number of thioether (sulfide) groups is 1. The van der Waals surface area contributed by atoms with Crippen molar-refractivity contribution in [1.82, 2.24) is 15.6 Å². The van der Waals surface area contributed by atoms with E-state index in [9.17, 15) is 9.59 Å². The van der Waals surface area contributed by atoms with Crippen LogP contribution in [-0.4, -0.2) is 36.3 Å². The van der Waals surface area contributed by atoms with E-state index in [0.717, 1.165) is 72.3 Å². The highest BCUT2D eigenvalue weighted by Gasteiger charge is 2.17. The first-order valence-corrected chi connectivity index (χ1v) is 10.6. The molecule has 0 bridgehead atoms. The van der Waals surface area contributed by atoms with Gasteiger partial charge in [-0.2, -0.15) is 11.8 Å². The van der Waals surface area contributed by atoms with Crippen LogP contribution >= 0.6 is 11.8 Å². The van der Waals surface area contributed by atoms with Gasteiger partial charge in [-0.1, -0.05) is 6.92 Å². The molecule has 3 rings (SSSR count). The summed E-state index contributed by atoms with van der Waals surface area (Å²) < 4.78 is 0. The minimum atomic E-state index is -0.0430. The summed E-state index contributed by atoms with van der Waals surface area (Å²) in [6, 6.07) is 5.57. The number of benzene rings is 1. The van der Waals surface area contributed by atoms with Crippen LogP contribution in [0.4, 0.5) is 0 Å². The molecule has 140 valence electrons. The largest absolute Gasteiger partial charge is 0.352 e. The van der Waals surface area contributed by atoms with Crippen molar-refractivity contribution >= 4 is 28.6 Å². The fraction of sp³-hybridized carbons (Fsp3) is 0.500. The summed E-state index contributed by atoms with van der Waals surface area (Å²) in [5.41, 5.74) is 3.46. The number of hydrogen-bond donors (Lipinski definition) is 3. The second-order valence-corrected chi connectivity index (χ2v) is 7.79. The van der Waals surface area contributed by atoms with Crippen LogP contribution in [0.25, 0.3) is 10.9 Å². The van der Waals surface area contributed by atoms with Gasteiger partial charge in [0.1, 0.15) is 0 Å². The number of rotatable bonds is 8. The van der Waals surface area contributed by atoms with Crippen LogP contribution < -0.4 is 16.2 Å². The van der Waals surface area contributed by atoms with Crippen molar-refractivity contribution in [1.29, 1.82) is 0 Å². The molecule has 2 heterocycles. The van der Waals surface area contributed by atoms with Gasteiger partial charge in [-0.05, 0) is 68.3 Å². The molecule has 2 aromatic rings. The number of aromatic amines is 1. The molecule has 1 aromatic carbocycles. The fourth-order valence-electron chi connectivity index (χ4n) is 3.31. The average molecular weight is 374 g/mol. The van der Waals surface area contributed by atoms with Gasteiger partial charge in [0, 0.05) is 34.3 Å². The molecule has 26 heavy (non-hydrogen) atoms. The van der Waals surface area contributed by atoms with E-state index in [1.165, 1.54) is 0 Å².